The molecule has 0 radical (unpaired) electrons. The molecule has 0 saturated heterocycles. The van der Waals surface area contributed by atoms with E-state index in [-0.39, 0.29) is 12.1 Å². The van der Waals surface area contributed by atoms with Crippen molar-refractivity contribution in [1.29, 1.82) is 0 Å². The van der Waals surface area contributed by atoms with E-state index in [1.54, 1.807) is 6.20 Å². The third-order valence-corrected chi connectivity index (χ3v) is 3.11. The van der Waals surface area contributed by atoms with Gasteiger partial charge in [0, 0.05) is 6.07 Å². The molecule has 94 valence electrons. The smallest absolute Gasteiger partial charge is 0.213 e. The zero-order valence-corrected chi connectivity index (χ0v) is 10.2. The van der Waals surface area contributed by atoms with E-state index in [2.05, 4.69) is 10.3 Å². The summed E-state index contributed by atoms with van der Waals surface area (Å²) >= 11 is 0. The van der Waals surface area contributed by atoms with Gasteiger partial charge in [0.1, 0.15) is 0 Å². The van der Waals surface area contributed by atoms with Crippen LogP contribution in [0.5, 0.6) is 5.88 Å². The molecular weight excluding hydrogens is 216 g/mol. The zero-order valence-electron chi connectivity index (χ0n) is 10.2. The second kappa shape index (κ2) is 5.87. The molecule has 4 nitrogen and oxygen atoms in total. The fourth-order valence-corrected chi connectivity index (χ4v) is 2.19. The van der Waals surface area contributed by atoms with Gasteiger partial charge in [0.05, 0.1) is 30.6 Å². The highest BCUT2D eigenvalue weighted by Crippen LogP contribution is 2.22. The molecule has 1 saturated carbocycles. The number of pyridine rings is 1. The van der Waals surface area contributed by atoms with Crippen LogP contribution in [0, 0.1) is 0 Å². The Bertz CT molecular complexity index is 340. The maximum Gasteiger partial charge on any atom is 0.213 e. The van der Waals surface area contributed by atoms with E-state index in [0.29, 0.717) is 12.5 Å². The van der Waals surface area contributed by atoms with E-state index >= 15 is 0 Å². The molecule has 1 fully saturated rings. The van der Waals surface area contributed by atoms with Crippen LogP contribution < -0.4 is 10.1 Å². The third kappa shape index (κ3) is 3.33. The average molecular weight is 236 g/mol. The van der Waals surface area contributed by atoms with Gasteiger partial charge in [-0.2, -0.15) is 0 Å². The minimum atomic E-state index is -0.240. The summed E-state index contributed by atoms with van der Waals surface area (Å²) < 4.78 is 5.28. The monoisotopic (exact) mass is 236 g/mol. The molecule has 0 unspecified atom stereocenters. The van der Waals surface area contributed by atoms with E-state index in [4.69, 9.17) is 4.74 Å². The number of nitrogens with zero attached hydrogens (tertiary/aromatic N) is 1. The van der Waals surface area contributed by atoms with Crippen LogP contribution in [-0.4, -0.2) is 28.8 Å². The second-order valence-electron chi connectivity index (χ2n) is 4.42. The van der Waals surface area contributed by atoms with Crippen molar-refractivity contribution in [3.05, 3.63) is 18.3 Å². The average Bonchev–Trinajstić information content (AvgIpc) is 2.35. The van der Waals surface area contributed by atoms with Crippen LogP contribution in [0.2, 0.25) is 0 Å². The minimum Gasteiger partial charge on any atom is -0.478 e. The first-order valence-electron chi connectivity index (χ1n) is 6.33. The number of rotatable bonds is 4. The lowest BCUT2D eigenvalue weighted by atomic mass is 9.92. The molecule has 0 aromatic carbocycles. The summed E-state index contributed by atoms with van der Waals surface area (Å²) in [7, 11) is 0. The van der Waals surface area contributed by atoms with Crippen LogP contribution in [0.4, 0.5) is 5.69 Å². The van der Waals surface area contributed by atoms with Crippen LogP contribution in [0.15, 0.2) is 18.3 Å². The summed E-state index contributed by atoms with van der Waals surface area (Å²) in [6.07, 6.45) is 5.73. The molecule has 2 N–H and O–H groups in total. The fraction of sp³-hybridized carbons (Fsp3) is 0.615. The maximum atomic E-state index is 9.86. The zero-order chi connectivity index (χ0) is 12.1. The number of aromatic nitrogens is 1. The van der Waals surface area contributed by atoms with Crippen LogP contribution in [0.25, 0.3) is 0 Å². The molecule has 0 aliphatic heterocycles. The first kappa shape index (κ1) is 12.2. The maximum absolute atomic E-state index is 9.86. The van der Waals surface area contributed by atoms with Gasteiger partial charge in [-0.3, -0.25) is 0 Å². The Labute approximate surface area is 102 Å². The van der Waals surface area contributed by atoms with Gasteiger partial charge in [0.15, 0.2) is 0 Å². The van der Waals surface area contributed by atoms with E-state index < -0.39 is 0 Å². The Morgan fingerprint density at radius 1 is 1.41 bits per heavy atom. The van der Waals surface area contributed by atoms with Crippen molar-refractivity contribution in [3.8, 4) is 5.88 Å². The molecule has 1 aromatic heterocycles. The highest BCUT2D eigenvalue weighted by molar-refractivity contribution is 5.43. The molecular formula is C13H20N2O2. The molecule has 4 heteroatoms. The van der Waals surface area contributed by atoms with Gasteiger partial charge in [-0.1, -0.05) is 12.8 Å². The highest BCUT2D eigenvalue weighted by Gasteiger charge is 2.22. The lowest BCUT2D eigenvalue weighted by molar-refractivity contribution is 0.116. The number of hydrogen-bond acceptors (Lipinski definition) is 4. The van der Waals surface area contributed by atoms with Crippen LogP contribution in [0.1, 0.15) is 32.6 Å². The minimum absolute atomic E-state index is 0.156. The number of aliphatic hydroxyl groups is 1. The highest BCUT2D eigenvalue weighted by atomic mass is 16.5. The quantitative estimate of drug-likeness (QED) is 0.841. The SMILES string of the molecule is CCOc1ccc(N[C@@H]2CCCC[C@H]2O)cn1. The summed E-state index contributed by atoms with van der Waals surface area (Å²) in [4.78, 5) is 4.19. The lowest BCUT2D eigenvalue weighted by Gasteiger charge is -2.29. The van der Waals surface area contributed by atoms with E-state index in [1.807, 2.05) is 19.1 Å². The number of ether oxygens (including phenoxy) is 1. The van der Waals surface area contributed by atoms with E-state index in [9.17, 15) is 5.11 Å². The van der Waals surface area contributed by atoms with Gasteiger partial charge < -0.3 is 15.2 Å². The molecule has 2 atom stereocenters. The van der Waals surface area contributed by atoms with E-state index in [0.717, 1.165) is 24.9 Å². The summed E-state index contributed by atoms with van der Waals surface area (Å²) in [6.45, 7) is 2.56. The Morgan fingerprint density at radius 3 is 2.88 bits per heavy atom. The molecule has 1 heterocycles. The van der Waals surface area contributed by atoms with Crippen LogP contribution in [-0.2, 0) is 0 Å². The van der Waals surface area contributed by atoms with Gasteiger partial charge in [-0.15, -0.1) is 0 Å². The molecule has 1 aromatic rings. The lowest BCUT2D eigenvalue weighted by Crippen LogP contribution is -2.36. The van der Waals surface area contributed by atoms with Crippen molar-refractivity contribution >= 4 is 5.69 Å². The second-order valence-corrected chi connectivity index (χ2v) is 4.42. The van der Waals surface area contributed by atoms with Crippen molar-refractivity contribution in [3.63, 3.8) is 0 Å². The molecule has 17 heavy (non-hydrogen) atoms. The molecule has 2 rings (SSSR count). The van der Waals surface area contributed by atoms with Crippen molar-refractivity contribution in [1.82, 2.24) is 4.98 Å². The van der Waals surface area contributed by atoms with Gasteiger partial charge >= 0.3 is 0 Å². The summed E-state index contributed by atoms with van der Waals surface area (Å²) in [5, 5.41) is 13.2. The number of hydrogen-bond donors (Lipinski definition) is 2. The topological polar surface area (TPSA) is 54.4 Å². The fourth-order valence-electron chi connectivity index (χ4n) is 2.19. The molecule has 0 bridgehead atoms. The predicted molar refractivity (Wildman–Crippen MR) is 67.3 cm³/mol. The van der Waals surface area contributed by atoms with Gasteiger partial charge in [-0.25, -0.2) is 4.98 Å². The molecule has 0 amide bonds. The predicted octanol–water partition coefficient (Wildman–Crippen LogP) is 2.20. The van der Waals surface area contributed by atoms with Gasteiger partial charge in [-0.05, 0) is 25.8 Å². The largest absolute Gasteiger partial charge is 0.478 e. The Kier molecular flexibility index (Phi) is 4.20. The normalized spacial score (nSPS) is 24.4. The number of nitrogens with one attached hydrogen (secondary N) is 1. The van der Waals surface area contributed by atoms with Crippen LogP contribution in [0.3, 0.4) is 0 Å². The summed E-state index contributed by atoms with van der Waals surface area (Å²) in [6, 6.07) is 3.95. The van der Waals surface area contributed by atoms with Crippen molar-refractivity contribution in [2.75, 3.05) is 11.9 Å². The van der Waals surface area contributed by atoms with Crippen molar-refractivity contribution < 1.29 is 9.84 Å². The standard InChI is InChI=1S/C13H20N2O2/c1-2-17-13-8-7-10(9-14-13)15-11-5-3-4-6-12(11)16/h7-9,11-12,15-16H,2-6H2,1H3/t11-,12-/m1/s1. The van der Waals surface area contributed by atoms with Gasteiger partial charge in [0.25, 0.3) is 0 Å². The van der Waals surface area contributed by atoms with E-state index in [1.165, 1.54) is 6.42 Å². The first-order chi connectivity index (χ1) is 8.29. The number of anilines is 1. The van der Waals surface area contributed by atoms with Crippen molar-refractivity contribution in [2.45, 2.75) is 44.8 Å². The Morgan fingerprint density at radius 2 is 2.24 bits per heavy atom. The third-order valence-electron chi connectivity index (χ3n) is 3.11. The van der Waals surface area contributed by atoms with Crippen LogP contribution >= 0.6 is 0 Å². The first-order valence-corrected chi connectivity index (χ1v) is 6.33. The summed E-state index contributed by atoms with van der Waals surface area (Å²) in [5.74, 6) is 0.641. The molecule has 1 aliphatic rings. The number of aliphatic hydroxyl groups excluding tert-OH is 1. The Hall–Kier alpha value is -1.29. The molecule has 1 aliphatic carbocycles. The summed E-state index contributed by atoms with van der Waals surface area (Å²) in [5.41, 5.74) is 0.944. The van der Waals surface area contributed by atoms with Gasteiger partial charge in [0.2, 0.25) is 5.88 Å². The molecule has 0 spiro atoms. The Balaban J connectivity index is 1.93. The van der Waals surface area contributed by atoms with Crippen molar-refractivity contribution in [2.24, 2.45) is 0 Å².